The van der Waals surface area contributed by atoms with Crippen LogP contribution in [0.4, 0.5) is 0 Å². The number of nitrogens with one attached hydrogen (secondary N) is 1. The summed E-state index contributed by atoms with van der Waals surface area (Å²) >= 11 is 3.12. The lowest BCUT2D eigenvalue weighted by atomic mass is 10.2. The molecule has 0 aliphatic heterocycles. The molecule has 2 heterocycles. The zero-order chi connectivity index (χ0) is 13.8. The highest BCUT2D eigenvalue weighted by Crippen LogP contribution is 2.27. The van der Waals surface area contributed by atoms with Gasteiger partial charge in [-0.2, -0.15) is 0 Å². The van der Waals surface area contributed by atoms with Gasteiger partial charge in [-0.25, -0.2) is 4.98 Å². The third-order valence-corrected chi connectivity index (χ3v) is 4.65. The van der Waals surface area contributed by atoms with Gasteiger partial charge in [-0.15, -0.1) is 22.7 Å². The van der Waals surface area contributed by atoms with E-state index in [0.717, 1.165) is 15.4 Å². The Morgan fingerprint density at radius 3 is 2.70 bits per heavy atom. The average molecular weight is 300 g/mol. The molecule has 0 saturated heterocycles. The van der Waals surface area contributed by atoms with Crippen molar-refractivity contribution in [2.24, 2.45) is 0 Å². The lowest BCUT2D eigenvalue weighted by molar-refractivity contribution is 0.0946. The normalized spacial score (nSPS) is 10.4. The second-order valence-electron chi connectivity index (χ2n) is 4.18. The summed E-state index contributed by atoms with van der Waals surface area (Å²) in [4.78, 5) is 17.5. The molecule has 3 nitrogen and oxygen atoms in total. The fourth-order valence-corrected chi connectivity index (χ4v) is 3.37. The standard InChI is InChI=1S/C15H12N2OS2/c18-14(16-9-11-5-2-1-3-6-11)12-10-20-15(17-12)13-7-4-8-19-13/h1-8,10H,9H2,(H,16,18). The molecule has 20 heavy (non-hydrogen) atoms. The van der Waals surface area contributed by atoms with Gasteiger partial charge in [0.05, 0.1) is 4.88 Å². The Bertz CT molecular complexity index is 690. The molecule has 0 aliphatic rings. The molecule has 3 rings (SSSR count). The van der Waals surface area contributed by atoms with E-state index in [4.69, 9.17) is 0 Å². The van der Waals surface area contributed by atoms with Crippen LogP contribution < -0.4 is 5.32 Å². The van der Waals surface area contributed by atoms with Crippen molar-refractivity contribution in [1.29, 1.82) is 0 Å². The zero-order valence-electron chi connectivity index (χ0n) is 10.6. The van der Waals surface area contributed by atoms with Crippen LogP contribution >= 0.6 is 22.7 Å². The van der Waals surface area contributed by atoms with Gasteiger partial charge in [-0.1, -0.05) is 36.4 Å². The molecule has 0 unspecified atom stereocenters. The lowest BCUT2D eigenvalue weighted by Crippen LogP contribution is -2.22. The Balaban J connectivity index is 1.66. The van der Waals surface area contributed by atoms with Gasteiger partial charge < -0.3 is 5.32 Å². The SMILES string of the molecule is O=C(NCc1ccccc1)c1csc(-c2cccs2)n1. The number of thiazole rings is 1. The number of thiophene rings is 1. The maximum atomic E-state index is 12.0. The first-order valence-corrected chi connectivity index (χ1v) is 7.90. The number of aromatic nitrogens is 1. The van der Waals surface area contributed by atoms with Gasteiger partial charge in [0, 0.05) is 11.9 Å². The highest BCUT2D eigenvalue weighted by atomic mass is 32.1. The third kappa shape index (κ3) is 2.95. The first-order valence-electron chi connectivity index (χ1n) is 6.14. The lowest BCUT2D eigenvalue weighted by Gasteiger charge is -2.02. The topological polar surface area (TPSA) is 42.0 Å². The monoisotopic (exact) mass is 300 g/mol. The van der Waals surface area contributed by atoms with Crippen molar-refractivity contribution in [1.82, 2.24) is 10.3 Å². The minimum Gasteiger partial charge on any atom is -0.347 e. The number of carbonyl (C=O) groups excluding carboxylic acids is 1. The fourth-order valence-electron chi connectivity index (χ4n) is 1.76. The molecule has 100 valence electrons. The predicted octanol–water partition coefficient (Wildman–Crippen LogP) is 3.80. The number of nitrogens with zero attached hydrogens (tertiary/aromatic N) is 1. The summed E-state index contributed by atoms with van der Waals surface area (Å²) in [6.07, 6.45) is 0. The molecular weight excluding hydrogens is 288 g/mol. The molecule has 0 saturated carbocycles. The number of benzene rings is 1. The van der Waals surface area contributed by atoms with Gasteiger partial charge in [0.25, 0.3) is 5.91 Å². The van der Waals surface area contributed by atoms with E-state index in [1.54, 1.807) is 16.7 Å². The molecule has 0 aliphatic carbocycles. The van der Waals surface area contributed by atoms with Crippen LogP contribution in [-0.4, -0.2) is 10.9 Å². The Hall–Kier alpha value is -1.98. The first kappa shape index (κ1) is 13.0. The molecule has 1 aromatic carbocycles. The fraction of sp³-hybridized carbons (Fsp3) is 0.0667. The quantitative estimate of drug-likeness (QED) is 0.796. The maximum Gasteiger partial charge on any atom is 0.271 e. The van der Waals surface area contributed by atoms with E-state index < -0.39 is 0 Å². The number of amides is 1. The molecule has 0 spiro atoms. The van der Waals surface area contributed by atoms with Crippen LogP contribution in [0, 0.1) is 0 Å². The van der Waals surface area contributed by atoms with Crippen molar-refractivity contribution in [3.63, 3.8) is 0 Å². The van der Waals surface area contributed by atoms with E-state index in [9.17, 15) is 4.79 Å². The van der Waals surface area contributed by atoms with Crippen LogP contribution in [0.5, 0.6) is 0 Å². The van der Waals surface area contributed by atoms with E-state index in [1.165, 1.54) is 11.3 Å². The summed E-state index contributed by atoms with van der Waals surface area (Å²) in [5.41, 5.74) is 1.56. The summed E-state index contributed by atoms with van der Waals surface area (Å²) in [7, 11) is 0. The maximum absolute atomic E-state index is 12.0. The molecule has 0 radical (unpaired) electrons. The first-order chi connectivity index (χ1) is 9.83. The number of rotatable bonds is 4. The number of carbonyl (C=O) groups is 1. The number of hydrogen-bond donors (Lipinski definition) is 1. The van der Waals surface area contributed by atoms with Gasteiger partial charge in [-0.05, 0) is 17.0 Å². The largest absolute Gasteiger partial charge is 0.347 e. The van der Waals surface area contributed by atoms with Crippen LogP contribution in [0.15, 0.2) is 53.2 Å². The Labute approximate surface area is 124 Å². The molecular formula is C15H12N2OS2. The Morgan fingerprint density at radius 2 is 1.95 bits per heavy atom. The average Bonchev–Trinajstić information content (AvgIpc) is 3.16. The van der Waals surface area contributed by atoms with E-state index in [2.05, 4.69) is 10.3 Å². The second-order valence-corrected chi connectivity index (χ2v) is 5.99. The highest BCUT2D eigenvalue weighted by molar-refractivity contribution is 7.20. The molecule has 1 N–H and O–H groups in total. The van der Waals surface area contributed by atoms with Crippen LogP contribution in [-0.2, 0) is 6.54 Å². The number of hydrogen-bond acceptors (Lipinski definition) is 4. The van der Waals surface area contributed by atoms with Gasteiger partial charge in [0.15, 0.2) is 0 Å². The van der Waals surface area contributed by atoms with E-state index in [0.29, 0.717) is 12.2 Å². The predicted molar refractivity (Wildman–Crippen MR) is 83.0 cm³/mol. The van der Waals surface area contributed by atoms with Crippen LogP contribution in [0.25, 0.3) is 9.88 Å². The zero-order valence-corrected chi connectivity index (χ0v) is 12.2. The molecule has 2 aromatic heterocycles. The van der Waals surface area contributed by atoms with E-state index in [1.807, 2.05) is 47.8 Å². The van der Waals surface area contributed by atoms with E-state index in [-0.39, 0.29) is 5.91 Å². The minimum atomic E-state index is -0.132. The van der Waals surface area contributed by atoms with Crippen molar-refractivity contribution >= 4 is 28.6 Å². The molecule has 1 amide bonds. The van der Waals surface area contributed by atoms with Gasteiger partial charge in [-0.3, -0.25) is 4.79 Å². The summed E-state index contributed by atoms with van der Waals surface area (Å²) < 4.78 is 0. The molecule has 0 fully saturated rings. The van der Waals surface area contributed by atoms with Crippen LogP contribution in [0.3, 0.4) is 0 Å². The van der Waals surface area contributed by atoms with Gasteiger partial charge in [0.1, 0.15) is 10.7 Å². The van der Waals surface area contributed by atoms with Crippen LogP contribution in [0.2, 0.25) is 0 Å². The Morgan fingerprint density at radius 1 is 1.10 bits per heavy atom. The molecule has 3 aromatic rings. The summed E-state index contributed by atoms with van der Waals surface area (Å²) in [6.45, 7) is 0.519. The van der Waals surface area contributed by atoms with Gasteiger partial charge >= 0.3 is 0 Å². The van der Waals surface area contributed by atoms with Crippen molar-refractivity contribution in [2.75, 3.05) is 0 Å². The van der Waals surface area contributed by atoms with Gasteiger partial charge in [0.2, 0.25) is 0 Å². The summed E-state index contributed by atoms with van der Waals surface area (Å²) in [5, 5.41) is 7.58. The van der Waals surface area contributed by atoms with Crippen LogP contribution in [0.1, 0.15) is 16.1 Å². The van der Waals surface area contributed by atoms with Crippen molar-refractivity contribution in [3.05, 3.63) is 64.5 Å². The molecule has 5 heteroatoms. The van der Waals surface area contributed by atoms with E-state index >= 15 is 0 Å². The summed E-state index contributed by atoms with van der Waals surface area (Å²) in [6, 6.07) is 13.8. The van der Waals surface area contributed by atoms with Crippen molar-refractivity contribution < 1.29 is 4.79 Å². The highest BCUT2D eigenvalue weighted by Gasteiger charge is 2.11. The summed E-state index contributed by atoms with van der Waals surface area (Å²) in [5.74, 6) is -0.132. The van der Waals surface area contributed by atoms with Crippen molar-refractivity contribution in [2.45, 2.75) is 6.54 Å². The second kappa shape index (κ2) is 5.98. The smallest absolute Gasteiger partial charge is 0.271 e. The Kier molecular flexibility index (Phi) is 3.90. The molecule has 0 bridgehead atoms. The van der Waals surface area contributed by atoms with Crippen molar-refractivity contribution in [3.8, 4) is 9.88 Å². The minimum absolute atomic E-state index is 0.132. The third-order valence-electron chi connectivity index (χ3n) is 2.76. The molecule has 0 atom stereocenters.